The van der Waals surface area contributed by atoms with Crippen LogP contribution >= 0.6 is 0 Å². The average Bonchev–Trinajstić information content (AvgIpc) is 2.08. The summed E-state index contributed by atoms with van der Waals surface area (Å²) in [4.78, 5) is 10.0. The van der Waals surface area contributed by atoms with Gasteiger partial charge in [-0.25, -0.2) is 4.79 Å². The maximum Gasteiger partial charge on any atom is 0.505 e. The highest BCUT2D eigenvalue weighted by Crippen LogP contribution is 2.10. The number of nitrogen functional groups attached to an aromatic ring is 1. The first kappa shape index (κ1) is 9.38. The smallest absolute Gasteiger partial charge is 0.450 e. The van der Waals surface area contributed by atoms with Gasteiger partial charge in [0.25, 0.3) is 0 Å². The number of hydrogen-bond donors (Lipinski definition) is 2. The van der Waals surface area contributed by atoms with Crippen molar-refractivity contribution in [3.63, 3.8) is 0 Å². The lowest BCUT2D eigenvalue weighted by Crippen LogP contribution is -2.05. The van der Waals surface area contributed by atoms with Crippen molar-refractivity contribution in [1.29, 1.82) is 0 Å². The van der Waals surface area contributed by atoms with Crippen LogP contribution in [0.3, 0.4) is 0 Å². The maximum atomic E-state index is 10.0. The molecule has 0 atom stereocenters. The number of carboxylic acid groups (broad SMARTS) is 1. The van der Waals surface area contributed by atoms with E-state index in [4.69, 9.17) is 10.8 Å². The number of para-hydroxylation sites is 1. The Morgan fingerprint density at radius 2 is 2.15 bits per heavy atom. The Bertz CT molecular complexity index is 299. The van der Waals surface area contributed by atoms with Gasteiger partial charge in [-0.1, -0.05) is 18.2 Å². The van der Waals surface area contributed by atoms with Gasteiger partial charge < -0.3 is 15.6 Å². The molecule has 0 aromatic heterocycles. The van der Waals surface area contributed by atoms with Crippen LogP contribution in [0.2, 0.25) is 0 Å². The zero-order valence-electron chi connectivity index (χ0n) is 7.06. The molecule has 13 heavy (non-hydrogen) atoms. The molecule has 0 aliphatic rings. The van der Waals surface area contributed by atoms with Crippen LogP contribution in [0.1, 0.15) is 5.56 Å². The zero-order valence-corrected chi connectivity index (χ0v) is 7.06. The monoisotopic (exact) mass is 181 g/mol. The number of rotatable bonds is 3. The highest BCUT2D eigenvalue weighted by Gasteiger charge is 1.99. The second kappa shape index (κ2) is 4.35. The van der Waals surface area contributed by atoms with E-state index in [0.29, 0.717) is 12.1 Å². The number of anilines is 1. The molecule has 1 aromatic rings. The van der Waals surface area contributed by atoms with Crippen LogP contribution in [0, 0.1) is 0 Å². The van der Waals surface area contributed by atoms with Gasteiger partial charge in [-0.2, -0.15) is 0 Å². The molecule has 70 valence electrons. The molecule has 0 radical (unpaired) electrons. The molecule has 3 N–H and O–H groups in total. The van der Waals surface area contributed by atoms with Gasteiger partial charge in [0.05, 0.1) is 6.61 Å². The van der Waals surface area contributed by atoms with Crippen LogP contribution < -0.4 is 5.73 Å². The van der Waals surface area contributed by atoms with Gasteiger partial charge in [-0.15, -0.1) is 0 Å². The summed E-state index contributed by atoms with van der Waals surface area (Å²) in [5, 5.41) is 8.21. The van der Waals surface area contributed by atoms with E-state index in [1.165, 1.54) is 0 Å². The fourth-order valence-corrected chi connectivity index (χ4v) is 1.01. The van der Waals surface area contributed by atoms with Gasteiger partial charge >= 0.3 is 6.16 Å². The molecule has 0 spiro atoms. The summed E-state index contributed by atoms with van der Waals surface area (Å²) in [5.74, 6) is 0. The van der Waals surface area contributed by atoms with E-state index in [2.05, 4.69) is 4.74 Å². The molecule has 0 heterocycles. The van der Waals surface area contributed by atoms with Crippen molar-refractivity contribution in [2.75, 3.05) is 12.3 Å². The molecule has 0 bridgehead atoms. The molecular formula is C9H11NO3. The van der Waals surface area contributed by atoms with Crippen molar-refractivity contribution in [2.45, 2.75) is 6.42 Å². The molecule has 0 unspecified atom stereocenters. The predicted octanol–water partition coefficient (Wildman–Crippen LogP) is 1.51. The van der Waals surface area contributed by atoms with Gasteiger partial charge in [0.2, 0.25) is 0 Å². The Balaban J connectivity index is 2.45. The third-order valence-corrected chi connectivity index (χ3v) is 1.65. The summed E-state index contributed by atoms with van der Waals surface area (Å²) in [6, 6.07) is 7.31. The zero-order chi connectivity index (χ0) is 9.68. The summed E-state index contributed by atoms with van der Waals surface area (Å²) >= 11 is 0. The number of benzene rings is 1. The Morgan fingerprint density at radius 1 is 1.46 bits per heavy atom. The summed E-state index contributed by atoms with van der Waals surface area (Å²) in [6.07, 6.45) is -0.742. The molecular weight excluding hydrogens is 170 g/mol. The van der Waals surface area contributed by atoms with E-state index in [-0.39, 0.29) is 6.61 Å². The lowest BCUT2D eigenvalue weighted by Gasteiger charge is -2.03. The molecule has 4 heteroatoms. The SMILES string of the molecule is Nc1ccccc1CCOC(=O)O. The minimum atomic E-state index is -1.26. The quantitative estimate of drug-likeness (QED) is 0.547. The van der Waals surface area contributed by atoms with Crippen LogP contribution in [0.4, 0.5) is 10.5 Å². The van der Waals surface area contributed by atoms with Crippen molar-refractivity contribution in [1.82, 2.24) is 0 Å². The largest absolute Gasteiger partial charge is 0.505 e. The lowest BCUT2D eigenvalue weighted by molar-refractivity contribution is 0.0927. The Hall–Kier alpha value is -1.71. The normalized spacial score (nSPS) is 9.54. The number of hydrogen-bond acceptors (Lipinski definition) is 3. The second-order valence-electron chi connectivity index (χ2n) is 2.56. The molecule has 0 aliphatic heterocycles. The lowest BCUT2D eigenvalue weighted by atomic mass is 10.1. The predicted molar refractivity (Wildman–Crippen MR) is 48.5 cm³/mol. The minimum absolute atomic E-state index is 0.142. The van der Waals surface area contributed by atoms with Crippen molar-refractivity contribution in [2.24, 2.45) is 0 Å². The fraction of sp³-hybridized carbons (Fsp3) is 0.222. The molecule has 4 nitrogen and oxygen atoms in total. The first-order chi connectivity index (χ1) is 6.20. The van der Waals surface area contributed by atoms with Gasteiger partial charge in [-0.3, -0.25) is 0 Å². The van der Waals surface area contributed by atoms with Crippen molar-refractivity contribution < 1.29 is 14.6 Å². The molecule has 0 saturated carbocycles. The Morgan fingerprint density at radius 3 is 2.77 bits per heavy atom. The van der Waals surface area contributed by atoms with Gasteiger partial charge in [0, 0.05) is 12.1 Å². The van der Waals surface area contributed by atoms with Gasteiger partial charge in [0.1, 0.15) is 0 Å². The maximum absolute atomic E-state index is 10.0. The van der Waals surface area contributed by atoms with E-state index in [9.17, 15) is 4.79 Å². The third-order valence-electron chi connectivity index (χ3n) is 1.65. The topological polar surface area (TPSA) is 72.5 Å². The van der Waals surface area contributed by atoms with E-state index in [1.807, 2.05) is 18.2 Å². The van der Waals surface area contributed by atoms with Crippen LogP contribution in [-0.2, 0) is 11.2 Å². The molecule has 0 fully saturated rings. The van der Waals surface area contributed by atoms with Crippen LogP contribution in [0.5, 0.6) is 0 Å². The first-order valence-corrected chi connectivity index (χ1v) is 3.89. The highest BCUT2D eigenvalue weighted by atomic mass is 16.7. The number of nitrogens with two attached hydrogens (primary N) is 1. The molecule has 0 aliphatic carbocycles. The second-order valence-corrected chi connectivity index (χ2v) is 2.56. The van der Waals surface area contributed by atoms with Crippen molar-refractivity contribution in [3.8, 4) is 0 Å². The van der Waals surface area contributed by atoms with Crippen molar-refractivity contribution in [3.05, 3.63) is 29.8 Å². The molecule has 0 saturated heterocycles. The summed E-state index contributed by atoms with van der Waals surface area (Å²) in [7, 11) is 0. The van der Waals surface area contributed by atoms with Gasteiger partial charge in [0.15, 0.2) is 0 Å². The van der Waals surface area contributed by atoms with Crippen LogP contribution in [0.25, 0.3) is 0 Å². The minimum Gasteiger partial charge on any atom is -0.450 e. The van der Waals surface area contributed by atoms with E-state index in [0.717, 1.165) is 5.56 Å². The highest BCUT2D eigenvalue weighted by molar-refractivity contribution is 5.56. The number of carbonyl (C=O) groups is 1. The standard InChI is InChI=1S/C9H11NO3/c10-8-4-2-1-3-7(8)5-6-13-9(11)12/h1-4H,5-6,10H2,(H,11,12). The Labute approximate surface area is 75.9 Å². The van der Waals surface area contributed by atoms with E-state index in [1.54, 1.807) is 6.07 Å². The average molecular weight is 181 g/mol. The summed E-state index contributed by atoms with van der Waals surface area (Å²) in [5.41, 5.74) is 7.20. The molecule has 1 rings (SSSR count). The number of ether oxygens (including phenoxy) is 1. The van der Waals surface area contributed by atoms with E-state index < -0.39 is 6.16 Å². The Kier molecular flexibility index (Phi) is 3.14. The van der Waals surface area contributed by atoms with Crippen LogP contribution in [0.15, 0.2) is 24.3 Å². The summed E-state index contributed by atoms with van der Waals surface area (Å²) in [6.45, 7) is 0.142. The van der Waals surface area contributed by atoms with Crippen LogP contribution in [-0.4, -0.2) is 17.9 Å². The molecule has 1 aromatic carbocycles. The van der Waals surface area contributed by atoms with E-state index >= 15 is 0 Å². The van der Waals surface area contributed by atoms with Crippen molar-refractivity contribution >= 4 is 11.8 Å². The first-order valence-electron chi connectivity index (χ1n) is 3.89. The third kappa shape index (κ3) is 3.02. The van der Waals surface area contributed by atoms with Gasteiger partial charge in [-0.05, 0) is 11.6 Å². The summed E-state index contributed by atoms with van der Waals surface area (Å²) < 4.78 is 4.36. The molecule has 0 amide bonds. The fourth-order valence-electron chi connectivity index (χ4n) is 1.01.